The highest BCUT2D eigenvalue weighted by atomic mass is 16.3. The number of pyridine rings is 1. The van der Waals surface area contributed by atoms with E-state index < -0.39 is 6.10 Å². The zero-order chi connectivity index (χ0) is 14.5. The van der Waals surface area contributed by atoms with Gasteiger partial charge in [0.2, 0.25) is 0 Å². The zero-order valence-electron chi connectivity index (χ0n) is 12.7. The molecule has 1 aromatic heterocycles. The van der Waals surface area contributed by atoms with E-state index in [9.17, 15) is 10.2 Å². The molecule has 0 radical (unpaired) electrons. The van der Waals surface area contributed by atoms with E-state index in [1.807, 2.05) is 6.92 Å². The summed E-state index contributed by atoms with van der Waals surface area (Å²) in [6.07, 6.45) is 4.89. The Bertz CT molecular complexity index is 532. The number of aliphatic hydroxyl groups excluding tert-OH is 2. The van der Waals surface area contributed by atoms with Crippen LogP contribution in [0.4, 0.5) is 0 Å². The number of rotatable bonds is 2. The Kier molecular flexibility index (Phi) is 3.38. The molecule has 1 unspecified atom stereocenters. The number of hydrogen-bond donors (Lipinski definition) is 2. The molecule has 2 aliphatic carbocycles. The van der Waals surface area contributed by atoms with Crippen molar-refractivity contribution in [2.45, 2.75) is 71.5 Å². The molecule has 20 heavy (non-hydrogen) atoms. The van der Waals surface area contributed by atoms with Crippen molar-refractivity contribution in [3.8, 4) is 0 Å². The molecule has 3 nitrogen and oxygen atoms in total. The second-order valence-electron chi connectivity index (χ2n) is 7.31. The maximum atomic E-state index is 10.5. The van der Waals surface area contributed by atoms with Crippen molar-refractivity contribution in [2.24, 2.45) is 5.41 Å². The molecule has 0 bridgehead atoms. The van der Waals surface area contributed by atoms with Crippen molar-refractivity contribution < 1.29 is 10.2 Å². The minimum Gasteiger partial charge on any atom is -0.392 e. The van der Waals surface area contributed by atoms with Crippen LogP contribution in [-0.2, 0) is 13.0 Å². The van der Waals surface area contributed by atoms with Gasteiger partial charge in [0.25, 0.3) is 0 Å². The minimum absolute atomic E-state index is 0.0358. The molecule has 2 aliphatic rings. The normalized spacial score (nSPS) is 25.1. The van der Waals surface area contributed by atoms with Gasteiger partial charge in [-0.1, -0.05) is 20.3 Å². The van der Waals surface area contributed by atoms with Gasteiger partial charge in [-0.25, -0.2) is 0 Å². The van der Waals surface area contributed by atoms with Gasteiger partial charge in [0.15, 0.2) is 0 Å². The Balaban J connectivity index is 2.13. The first-order chi connectivity index (χ1) is 9.43. The van der Waals surface area contributed by atoms with E-state index in [1.165, 1.54) is 19.3 Å². The highest BCUT2D eigenvalue weighted by Gasteiger charge is 2.36. The lowest BCUT2D eigenvalue weighted by Gasteiger charge is -2.37. The minimum atomic E-state index is -0.443. The molecule has 1 atom stereocenters. The van der Waals surface area contributed by atoms with Crippen LogP contribution in [0.1, 0.15) is 79.6 Å². The number of hydrogen-bond acceptors (Lipinski definition) is 3. The first kappa shape index (κ1) is 14.0. The summed E-state index contributed by atoms with van der Waals surface area (Å²) in [5.74, 6) is 0.517. The Morgan fingerprint density at radius 3 is 2.55 bits per heavy atom. The van der Waals surface area contributed by atoms with Crippen molar-refractivity contribution >= 4 is 0 Å². The second kappa shape index (κ2) is 4.81. The average Bonchev–Trinajstić information content (AvgIpc) is 2.23. The molecule has 1 saturated carbocycles. The van der Waals surface area contributed by atoms with Crippen molar-refractivity contribution in [1.29, 1.82) is 0 Å². The molecule has 2 N–H and O–H groups in total. The van der Waals surface area contributed by atoms with E-state index in [4.69, 9.17) is 4.98 Å². The maximum absolute atomic E-state index is 10.5. The molecule has 0 aromatic carbocycles. The van der Waals surface area contributed by atoms with Gasteiger partial charge in [-0.2, -0.15) is 0 Å². The van der Waals surface area contributed by atoms with Crippen LogP contribution in [0.2, 0.25) is 0 Å². The van der Waals surface area contributed by atoms with E-state index in [-0.39, 0.29) is 12.0 Å². The Labute approximate surface area is 121 Å². The Morgan fingerprint density at radius 1 is 1.30 bits per heavy atom. The quantitative estimate of drug-likeness (QED) is 0.871. The summed E-state index contributed by atoms with van der Waals surface area (Å²) in [6.45, 7) is 6.46. The van der Waals surface area contributed by atoms with Crippen LogP contribution in [0, 0.1) is 12.3 Å². The third kappa shape index (κ3) is 2.17. The van der Waals surface area contributed by atoms with Gasteiger partial charge in [-0.05, 0) is 43.6 Å². The summed E-state index contributed by atoms with van der Waals surface area (Å²) in [7, 11) is 0. The molecule has 3 heteroatoms. The van der Waals surface area contributed by atoms with Crippen LogP contribution < -0.4 is 0 Å². The van der Waals surface area contributed by atoms with Crippen LogP contribution in [0.3, 0.4) is 0 Å². The van der Waals surface area contributed by atoms with Gasteiger partial charge in [0.1, 0.15) is 0 Å². The van der Waals surface area contributed by atoms with Gasteiger partial charge in [-0.3, -0.25) is 4.98 Å². The SMILES string of the molecule is Cc1c(CO)c(C2CCC2)nc2c1C(O)CC(C)(C)C2. The predicted octanol–water partition coefficient (Wildman–Crippen LogP) is 3.16. The lowest BCUT2D eigenvalue weighted by molar-refractivity contribution is 0.0969. The predicted molar refractivity (Wildman–Crippen MR) is 78.6 cm³/mol. The standard InChI is InChI=1S/C17H25NO2/c1-10-12(9-19)16(11-5-4-6-11)18-13-7-17(2,3)8-14(20)15(10)13/h11,14,19-20H,4-9H2,1-3H3. The van der Waals surface area contributed by atoms with Gasteiger partial charge >= 0.3 is 0 Å². The molecule has 0 amide bonds. The third-order valence-electron chi connectivity index (χ3n) is 5.11. The Hall–Kier alpha value is -0.930. The van der Waals surface area contributed by atoms with Crippen LogP contribution >= 0.6 is 0 Å². The fraction of sp³-hybridized carbons (Fsp3) is 0.706. The summed E-state index contributed by atoms with van der Waals surface area (Å²) in [5.41, 5.74) is 5.28. The number of fused-ring (bicyclic) bond motifs is 1. The first-order valence-corrected chi connectivity index (χ1v) is 7.74. The van der Waals surface area contributed by atoms with Gasteiger partial charge in [-0.15, -0.1) is 0 Å². The van der Waals surface area contributed by atoms with Crippen LogP contribution in [-0.4, -0.2) is 15.2 Å². The molecule has 1 aromatic rings. The highest BCUT2D eigenvalue weighted by molar-refractivity contribution is 5.44. The van der Waals surface area contributed by atoms with Gasteiger partial charge < -0.3 is 10.2 Å². The fourth-order valence-electron chi connectivity index (χ4n) is 3.79. The molecular weight excluding hydrogens is 250 g/mol. The molecule has 0 spiro atoms. The van der Waals surface area contributed by atoms with Crippen molar-refractivity contribution in [3.63, 3.8) is 0 Å². The second-order valence-corrected chi connectivity index (χ2v) is 7.31. The molecule has 110 valence electrons. The van der Waals surface area contributed by atoms with Gasteiger partial charge in [0, 0.05) is 28.4 Å². The zero-order valence-corrected chi connectivity index (χ0v) is 12.7. The van der Waals surface area contributed by atoms with E-state index in [0.717, 1.165) is 40.9 Å². The molecule has 0 saturated heterocycles. The van der Waals surface area contributed by atoms with Crippen molar-refractivity contribution in [3.05, 3.63) is 28.1 Å². The maximum Gasteiger partial charge on any atom is 0.0815 e. The molecular formula is C17H25NO2. The molecule has 3 rings (SSSR count). The van der Waals surface area contributed by atoms with Crippen molar-refractivity contribution in [2.75, 3.05) is 0 Å². The number of nitrogens with zero attached hydrogens (tertiary/aromatic N) is 1. The van der Waals surface area contributed by atoms with Crippen LogP contribution in [0.5, 0.6) is 0 Å². The summed E-state index contributed by atoms with van der Waals surface area (Å²) < 4.78 is 0. The van der Waals surface area contributed by atoms with Crippen molar-refractivity contribution in [1.82, 2.24) is 4.98 Å². The Morgan fingerprint density at radius 2 is 2.00 bits per heavy atom. The third-order valence-corrected chi connectivity index (χ3v) is 5.11. The van der Waals surface area contributed by atoms with Crippen LogP contribution in [0.15, 0.2) is 0 Å². The topological polar surface area (TPSA) is 53.4 Å². The molecule has 0 aliphatic heterocycles. The molecule has 1 fully saturated rings. The van der Waals surface area contributed by atoms with E-state index in [1.54, 1.807) is 0 Å². The fourth-order valence-corrected chi connectivity index (χ4v) is 3.79. The first-order valence-electron chi connectivity index (χ1n) is 7.74. The van der Waals surface area contributed by atoms with E-state index in [0.29, 0.717) is 5.92 Å². The number of aliphatic hydroxyl groups is 2. The highest BCUT2D eigenvalue weighted by Crippen LogP contribution is 2.45. The average molecular weight is 275 g/mol. The largest absolute Gasteiger partial charge is 0.392 e. The summed E-state index contributed by atoms with van der Waals surface area (Å²) in [4.78, 5) is 4.89. The lowest BCUT2D eigenvalue weighted by atomic mass is 9.72. The summed E-state index contributed by atoms with van der Waals surface area (Å²) >= 11 is 0. The number of aromatic nitrogens is 1. The summed E-state index contributed by atoms with van der Waals surface area (Å²) in [5, 5.41) is 20.2. The summed E-state index contributed by atoms with van der Waals surface area (Å²) in [6, 6.07) is 0. The van der Waals surface area contributed by atoms with E-state index >= 15 is 0 Å². The lowest BCUT2D eigenvalue weighted by Crippen LogP contribution is -2.29. The monoisotopic (exact) mass is 275 g/mol. The van der Waals surface area contributed by atoms with Crippen LogP contribution in [0.25, 0.3) is 0 Å². The smallest absolute Gasteiger partial charge is 0.0815 e. The molecule has 1 heterocycles. The van der Waals surface area contributed by atoms with E-state index in [2.05, 4.69) is 13.8 Å². The van der Waals surface area contributed by atoms with Gasteiger partial charge in [0.05, 0.1) is 12.7 Å².